The molecule has 0 bridgehead atoms. The van der Waals surface area contributed by atoms with Crippen molar-refractivity contribution in [3.05, 3.63) is 33.6 Å². The van der Waals surface area contributed by atoms with Crippen LogP contribution in [0.3, 0.4) is 0 Å². The van der Waals surface area contributed by atoms with E-state index in [1.165, 1.54) is 12.1 Å². The van der Waals surface area contributed by atoms with Gasteiger partial charge in [-0.2, -0.15) is 0 Å². The SMILES string of the molecule is CC(C)(CO)[C@H](N)c1c(F)ccc(Cl)c1Cl. The summed E-state index contributed by atoms with van der Waals surface area (Å²) in [5.74, 6) is -0.511. The third-order valence-corrected chi connectivity index (χ3v) is 3.46. The lowest BCUT2D eigenvalue weighted by atomic mass is 9.81. The van der Waals surface area contributed by atoms with Crippen LogP contribution in [0.15, 0.2) is 12.1 Å². The molecule has 2 nitrogen and oxygen atoms in total. The Bertz CT molecular complexity index is 396. The summed E-state index contributed by atoms with van der Waals surface area (Å²) in [6.45, 7) is 3.29. The predicted molar refractivity (Wildman–Crippen MR) is 64.2 cm³/mol. The van der Waals surface area contributed by atoms with E-state index in [1.807, 2.05) is 0 Å². The molecule has 0 fully saturated rings. The third kappa shape index (κ3) is 2.48. The van der Waals surface area contributed by atoms with E-state index in [0.717, 1.165) is 0 Å². The number of benzene rings is 1. The number of hydrogen-bond donors (Lipinski definition) is 2. The summed E-state index contributed by atoms with van der Waals surface area (Å²) in [5.41, 5.74) is 5.39. The van der Waals surface area contributed by atoms with E-state index < -0.39 is 17.3 Å². The Morgan fingerprint density at radius 2 is 2.00 bits per heavy atom. The molecule has 0 aliphatic carbocycles. The quantitative estimate of drug-likeness (QED) is 0.825. The highest BCUT2D eigenvalue weighted by Crippen LogP contribution is 2.38. The molecule has 0 saturated heterocycles. The molecule has 0 saturated carbocycles. The Morgan fingerprint density at radius 1 is 1.44 bits per heavy atom. The fraction of sp³-hybridized carbons (Fsp3) is 0.455. The molecule has 0 unspecified atom stereocenters. The van der Waals surface area contributed by atoms with Crippen LogP contribution >= 0.6 is 23.2 Å². The van der Waals surface area contributed by atoms with E-state index in [1.54, 1.807) is 13.8 Å². The van der Waals surface area contributed by atoms with Crippen molar-refractivity contribution in [2.75, 3.05) is 6.61 Å². The number of aliphatic hydroxyl groups is 1. The highest BCUT2D eigenvalue weighted by atomic mass is 35.5. The Kier molecular flexibility index (Phi) is 4.18. The highest BCUT2D eigenvalue weighted by Gasteiger charge is 2.31. The minimum Gasteiger partial charge on any atom is -0.396 e. The topological polar surface area (TPSA) is 46.2 Å². The molecule has 1 rings (SSSR count). The van der Waals surface area contributed by atoms with Crippen LogP contribution < -0.4 is 5.73 Å². The van der Waals surface area contributed by atoms with Gasteiger partial charge in [0.25, 0.3) is 0 Å². The number of nitrogens with two attached hydrogens (primary N) is 1. The molecule has 0 radical (unpaired) electrons. The first-order valence-electron chi connectivity index (χ1n) is 4.81. The van der Waals surface area contributed by atoms with Gasteiger partial charge in [0.05, 0.1) is 10.0 Å². The van der Waals surface area contributed by atoms with Crippen LogP contribution in [0.1, 0.15) is 25.5 Å². The minimum absolute atomic E-state index is 0.107. The van der Waals surface area contributed by atoms with Gasteiger partial charge in [0.1, 0.15) is 5.82 Å². The number of hydrogen-bond acceptors (Lipinski definition) is 2. The Morgan fingerprint density at radius 3 is 2.50 bits per heavy atom. The van der Waals surface area contributed by atoms with E-state index in [9.17, 15) is 9.50 Å². The van der Waals surface area contributed by atoms with E-state index in [4.69, 9.17) is 28.9 Å². The maximum absolute atomic E-state index is 13.6. The van der Waals surface area contributed by atoms with Gasteiger partial charge in [0.2, 0.25) is 0 Å². The summed E-state index contributed by atoms with van der Waals surface area (Å²) in [6.07, 6.45) is 0. The Balaban J connectivity index is 3.28. The van der Waals surface area contributed by atoms with Crippen LogP contribution in [0.4, 0.5) is 4.39 Å². The zero-order chi connectivity index (χ0) is 12.5. The number of aliphatic hydroxyl groups excluding tert-OH is 1. The smallest absolute Gasteiger partial charge is 0.129 e. The molecule has 0 amide bonds. The predicted octanol–water partition coefficient (Wildman–Crippen LogP) is 3.15. The molecule has 0 aliphatic heterocycles. The van der Waals surface area contributed by atoms with Crippen LogP contribution in [0.5, 0.6) is 0 Å². The number of rotatable bonds is 3. The van der Waals surface area contributed by atoms with Gasteiger partial charge in [0.15, 0.2) is 0 Å². The van der Waals surface area contributed by atoms with E-state index in [0.29, 0.717) is 0 Å². The lowest BCUT2D eigenvalue weighted by Crippen LogP contribution is -2.33. The normalized spacial score (nSPS) is 13.9. The van der Waals surface area contributed by atoms with Crippen LogP contribution in [-0.4, -0.2) is 11.7 Å². The zero-order valence-corrected chi connectivity index (χ0v) is 10.6. The van der Waals surface area contributed by atoms with Gasteiger partial charge < -0.3 is 10.8 Å². The van der Waals surface area contributed by atoms with Gasteiger partial charge in [-0.25, -0.2) is 4.39 Å². The monoisotopic (exact) mass is 265 g/mol. The van der Waals surface area contributed by atoms with Crippen LogP contribution in [0.25, 0.3) is 0 Å². The first-order chi connectivity index (χ1) is 7.31. The van der Waals surface area contributed by atoms with Crippen molar-refractivity contribution in [3.63, 3.8) is 0 Å². The fourth-order valence-electron chi connectivity index (χ4n) is 1.32. The Hall–Kier alpha value is -0.350. The third-order valence-electron chi connectivity index (χ3n) is 2.64. The molecule has 1 aromatic rings. The van der Waals surface area contributed by atoms with Crippen LogP contribution in [-0.2, 0) is 0 Å². The minimum atomic E-state index is -0.719. The largest absolute Gasteiger partial charge is 0.396 e. The molecule has 0 aliphatic rings. The summed E-state index contributed by atoms with van der Waals surface area (Å²) >= 11 is 11.7. The van der Waals surface area contributed by atoms with Crippen molar-refractivity contribution >= 4 is 23.2 Å². The van der Waals surface area contributed by atoms with Crippen molar-refractivity contribution < 1.29 is 9.50 Å². The van der Waals surface area contributed by atoms with Gasteiger partial charge >= 0.3 is 0 Å². The molecule has 90 valence electrons. The van der Waals surface area contributed by atoms with Crippen LogP contribution in [0.2, 0.25) is 10.0 Å². The van der Waals surface area contributed by atoms with E-state index >= 15 is 0 Å². The molecular weight excluding hydrogens is 252 g/mol. The molecule has 0 spiro atoms. The Labute approximate surface area is 104 Å². The molecule has 3 N–H and O–H groups in total. The molecule has 0 heterocycles. The average Bonchev–Trinajstić information content (AvgIpc) is 2.24. The lowest BCUT2D eigenvalue weighted by molar-refractivity contribution is 0.131. The summed E-state index contributed by atoms with van der Waals surface area (Å²) in [7, 11) is 0. The van der Waals surface area contributed by atoms with E-state index in [2.05, 4.69) is 0 Å². The van der Waals surface area contributed by atoms with Gasteiger partial charge in [-0.15, -0.1) is 0 Å². The summed E-state index contributed by atoms with van der Waals surface area (Å²) in [6, 6.07) is 1.88. The summed E-state index contributed by atoms with van der Waals surface area (Å²) in [4.78, 5) is 0. The standard InChI is InChI=1S/C11H14Cl2FNO/c1-11(2,5-16)10(15)8-7(14)4-3-6(12)9(8)13/h3-4,10,16H,5,15H2,1-2H3/t10-/m1/s1. The average molecular weight is 266 g/mol. The molecule has 16 heavy (non-hydrogen) atoms. The van der Waals surface area contributed by atoms with Gasteiger partial charge in [-0.05, 0) is 12.1 Å². The second-order valence-corrected chi connectivity index (χ2v) is 5.17. The summed E-state index contributed by atoms with van der Waals surface area (Å²) < 4.78 is 13.6. The molecular formula is C11H14Cl2FNO. The van der Waals surface area contributed by atoms with Crippen molar-refractivity contribution in [2.24, 2.45) is 11.1 Å². The second kappa shape index (κ2) is 4.88. The second-order valence-electron chi connectivity index (χ2n) is 4.38. The fourth-order valence-corrected chi connectivity index (χ4v) is 1.75. The summed E-state index contributed by atoms with van der Waals surface area (Å²) in [5, 5.41) is 9.56. The lowest BCUT2D eigenvalue weighted by Gasteiger charge is -2.30. The van der Waals surface area contributed by atoms with Crippen molar-refractivity contribution in [1.82, 2.24) is 0 Å². The molecule has 5 heteroatoms. The highest BCUT2D eigenvalue weighted by molar-refractivity contribution is 6.42. The molecule has 1 atom stereocenters. The van der Waals surface area contributed by atoms with Crippen molar-refractivity contribution in [1.29, 1.82) is 0 Å². The molecule has 1 aromatic carbocycles. The maximum Gasteiger partial charge on any atom is 0.129 e. The number of halogens is 3. The van der Waals surface area contributed by atoms with Crippen LogP contribution in [0, 0.1) is 11.2 Å². The van der Waals surface area contributed by atoms with Gasteiger partial charge in [-0.1, -0.05) is 37.0 Å². The molecule has 0 aromatic heterocycles. The van der Waals surface area contributed by atoms with Crippen molar-refractivity contribution in [2.45, 2.75) is 19.9 Å². The maximum atomic E-state index is 13.6. The van der Waals surface area contributed by atoms with Gasteiger partial charge in [-0.3, -0.25) is 0 Å². The van der Waals surface area contributed by atoms with Crippen molar-refractivity contribution in [3.8, 4) is 0 Å². The zero-order valence-electron chi connectivity index (χ0n) is 9.10. The first kappa shape index (κ1) is 13.7. The first-order valence-corrected chi connectivity index (χ1v) is 5.56. The van der Waals surface area contributed by atoms with Gasteiger partial charge in [0, 0.05) is 23.6 Å². The van der Waals surface area contributed by atoms with E-state index in [-0.39, 0.29) is 22.2 Å².